The van der Waals surface area contributed by atoms with Gasteiger partial charge >= 0.3 is 0 Å². The Labute approximate surface area is 66.1 Å². The van der Waals surface area contributed by atoms with Crippen molar-refractivity contribution >= 4 is 9.84 Å². The maximum Gasteiger partial charge on any atom is 0.192 e. The highest BCUT2D eigenvalue weighted by molar-refractivity contribution is 7.94. The third-order valence-electron chi connectivity index (χ3n) is 1.29. The summed E-state index contributed by atoms with van der Waals surface area (Å²) < 4.78 is 21.8. The minimum absolute atomic E-state index is 0.141. The fourth-order valence-electron chi connectivity index (χ4n) is 0.739. The van der Waals surface area contributed by atoms with Gasteiger partial charge in [-0.15, -0.1) is 0 Å². The van der Waals surface area contributed by atoms with Crippen LogP contribution in [0.2, 0.25) is 0 Å². The predicted octanol–water partition coefficient (Wildman–Crippen LogP) is 0.186. The largest absolute Gasteiger partial charge is 0.265 e. The zero-order chi connectivity index (χ0) is 8.70. The Bertz CT molecular complexity index is 289. The van der Waals surface area contributed by atoms with Crippen molar-refractivity contribution in [3.05, 3.63) is 11.1 Å². The normalized spacial score (nSPS) is 22.6. The van der Waals surface area contributed by atoms with Gasteiger partial charge in [-0.1, -0.05) is 0 Å². The molecule has 1 aliphatic heterocycles. The molecule has 0 fully saturated rings. The van der Waals surface area contributed by atoms with Gasteiger partial charge in [-0.05, 0) is 19.9 Å². The van der Waals surface area contributed by atoms with Crippen LogP contribution in [0.3, 0.4) is 0 Å². The number of rotatable bonds is 1. The highest BCUT2D eigenvalue weighted by atomic mass is 32.2. The van der Waals surface area contributed by atoms with Crippen molar-refractivity contribution in [1.29, 1.82) is 0 Å². The molecule has 0 spiro atoms. The average molecular weight is 177 g/mol. The van der Waals surface area contributed by atoms with Crippen molar-refractivity contribution in [2.75, 3.05) is 6.26 Å². The van der Waals surface area contributed by atoms with Crippen molar-refractivity contribution in [3.63, 3.8) is 0 Å². The molecule has 1 N–H and O–H groups in total. The second kappa shape index (κ2) is 2.22. The molecule has 11 heavy (non-hydrogen) atoms. The maximum atomic E-state index is 10.9. The third-order valence-corrected chi connectivity index (χ3v) is 2.29. The van der Waals surface area contributed by atoms with Gasteiger partial charge in [-0.3, -0.25) is 10.3 Å². The van der Waals surface area contributed by atoms with Crippen LogP contribution in [0.25, 0.3) is 0 Å². The summed E-state index contributed by atoms with van der Waals surface area (Å²) in [5, 5.41) is 0.141. The van der Waals surface area contributed by atoms with E-state index in [9.17, 15) is 8.42 Å². The van der Waals surface area contributed by atoms with Gasteiger partial charge in [-0.25, -0.2) is 8.42 Å². The Morgan fingerprint density at radius 1 is 1.55 bits per heavy atom. The first-order valence-corrected chi connectivity index (χ1v) is 5.07. The van der Waals surface area contributed by atoms with Crippen LogP contribution < -0.4 is 5.48 Å². The average Bonchev–Trinajstić information content (AvgIpc) is 2.07. The maximum absolute atomic E-state index is 10.9. The highest BCUT2D eigenvalue weighted by Gasteiger charge is 2.28. The molecule has 0 aromatic carbocycles. The molecule has 0 radical (unpaired) electrons. The number of hydroxylamine groups is 1. The van der Waals surface area contributed by atoms with Gasteiger partial charge in [-0.2, -0.15) is 0 Å². The van der Waals surface area contributed by atoms with Crippen molar-refractivity contribution in [2.24, 2.45) is 0 Å². The van der Waals surface area contributed by atoms with E-state index >= 15 is 0 Å². The molecule has 1 heterocycles. The van der Waals surface area contributed by atoms with Crippen LogP contribution >= 0.6 is 0 Å². The summed E-state index contributed by atoms with van der Waals surface area (Å²) in [5.41, 5.74) is 1.83. The van der Waals surface area contributed by atoms with Gasteiger partial charge in [0.1, 0.15) is 5.60 Å². The van der Waals surface area contributed by atoms with Crippen molar-refractivity contribution in [3.8, 4) is 0 Å². The molecule has 0 bridgehead atoms. The Kier molecular flexibility index (Phi) is 1.72. The monoisotopic (exact) mass is 177 g/mol. The van der Waals surface area contributed by atoms with Gasteiger partial charge in [0, 0.05) is 6.26 Å². The molecule has 1 rings (SSSR count). The Balaban J connectivity index is 2.97. The van der Waals surface area contributed by atoms with Crippen LogP contribution in [0.5, 0.6) is 0 Å². The molecule has 0 aliphatic carbocycles. The van der Waals surface area contributed by atoms with E-state index in [4.69, 9.17) is 4.84 Å². The fraction of sp³-hybridized carbons (Fsp3) is 0.667. The first-order chi connectivity index (χ1) is 4.81. The topological polar surface area (TPSA) is 55.4 Å². The summed E-state index contributed by atoms with van der Waals surface area (Å²) in [6.07, 6.45) is 2.68. The highest BCUT2D eigenvalue weighted by Crippen LogP contribution is 2.20. The SMILES string of the molecule is CC1(C)C=C(S(C)(=O)=O)NO1. The molecule has 4 nitrogen and oxygen atoms in total. The molecular formula is C6H11NO3S. The van der Waals surface area contributed by atoms with E-state index in [0.29, 0.717) is 0 Å². The third kappa shape index (κ3) is 1.94. The van der Waals surface area contributed by atoms with Crippen LogP contribution in [0, 0.1) is 0 Å². The summed E-state index contributed by atoms with van der Waals surface area (Å²) in [6.45, 7) is 3.55. The predicted molar refractivity (Wildman–Crippen MR) is 41.2 cm³/mol. The van der Waals surface area contributed by atoms with Gasteiger partial charge in [0.25, 0.3) is 0 Å². The zero-order valence-electron chi connectivity index (χ0n) is 6.71. The molecule has 0 saturated heterocycles. The van der Waals surface area contributed by atoms with E-state index in [0.717, 1.165) is 6.26 Å². The summed E-state index contributed by atoms with van der Waals surface area (Å²) >= 11 is 0. The lowest BCUT2D eigenvalue weighted by molar-refractivity contribution is -0.0129. The summed E-state index contributed by atoms with van der Waals surface area (Å²) in [6, 6.07) is 0. The van der Waals surface area contributed by atoms with Crippen molar-refractivity contribution in [1.82, 2.24) is 5.48 Å². The summed E-state index contributed by atoms with van der Waals surface area (Å²) in [7, 11) is -3.15. The van der Waals surface area contributed by atoms with Gasteiger partial charge in [0.05, 0.1) is 0 Å². The Morgan fingerprint density at radius 2 is 2.09 bits per heavy atom. The number of hydrogen-bond acceptors (Lipinski definition) is 4. The molecule has 1 aliphatic rings. The molecule has 0 unspecified atom stereocenters. The summed E-state index contributed by atoms with van der Waals surface area (Å²) in [4.78, 5) is 4.96. The second-order valence-corrected chi connectivity index (χ2v) is 5.07. The molecule has 64 valence electrons. The quantitative estimate of drug-likeness (QED) is 0.621. The van der Waals surface area contributed by atoms with Crippen molar-refractivity contribution < 1.29 is 13.3 Å². The molecular weight excluding hydrogens is 166 g/mol. The van der Waals surface area contributed by atoms with E-state index < -0.39 is 15.4 Å². The Morgan fingerprint density at radius 3 is 2.27 bits per heavy atom. The minimum atomic E-state index is -3.15. The molecule has 5 heteroatoms. The Hall–Kier alpha value is -0.550. The minimum Gasteiger partial charge on any atom is -0.265 e. The van der Waals surface area contributed by atoms with E-state index in [-0.39, 0.29) is 5.03 Å². The number of sulfone groups is 1. The zero-order valence-corrected chi connectivity index (χ0v) is 7.53. The molecule has 0 amide bonds. The summed E-state index contributed by atoms with van der Waals surface area (Å²) in [5.74, 6) is 0. The van der Waals surface area contributed by atoms with Crippen LogP contribution in [0.1, 0.15) is 13.8 Å². The molecule has 0 atom stereocenters. The van der Waals surface area contributed by atoms with Crippen LogP contribution in [0.4, 0.5) is 0 Å². The molecule has 0 saturated carbocycles. The number of nitrogens with one attached hydrogen (secondary N) is 1. The van der Waals surface area contributed by atoms with E-state index in [1.807, 2.05) is 0 Å². The lowest BCUT2D eigenvalue weighted by atomic mass is 10.1. The molecule has 0 aromatic heterocycles. The molecule has 0 aromatic rings. The lowest BCUT2D eigenvalue weighted by Crippen LogP contribution is -2.21. The van der Waals surface area contributed by atoms with Crippen molar-refractivity contribution in [2.45, 2.75) is 19.4 Å². The van der Waals surface area contributed by atoms with Gasteiger partial charge in [0.2, 0.25) is 0 Å². The standard InChI is InChI=1S/C6H11NO3S/c1-6(2)4-5(7-10-6)11(3,8)9/h4,7H,1-3H3. The van der Waals surface area contributed by atoms with Crippen LogP contribution in [-0.2, 0) is 14.7 Å². The number of hydrogen-bond donors (Lipinski definition) is 1. The first-order valence-electron chi connectivity index (χ1n) is 3.18. The van der Waals surface area contributed by atoms with Crippen LogP contribution in [-0.4, -0.2) is 20.3 Å². The van der Waals surface area contributed by atoms with Crippen LogP contribution in [0.15, 0.2) is 11.1 Å². The smallest absolute Gasteiger partial charge is 0.192 e. The second-order valence-electron chi connectivity index (χ2n) is 3.09. The first kappa shape index (κ1) is 8.55. The van der Waals surface area contributed by atoms with E-state index in [1.165, 1.54) is 0 Å². The van der Waals surface area contributed by atoms with E-state index in [1.54, 1.807) is 19.9 Å². The van der Waals surface area contributed by atoms with Gasteiger partial charge < -0.3 is 0 Å². The lowest BCUT2D eigenvalue weighted by Gasteiger charge is -2.11. The fourth-order valence-corrected chi connectivity index (χ4v) is 1.43. The van der Waals surface area contributed by atoms with E-state index in [2.05, 4.69) is 5.48 Å². The van der Waals surface area contributed by atoms with Gasteiger partial charge in [0.15, 0.2) is 14.9 Å².